The zero-order valence-corrected chi connectivity index (χ0v) is 22.5. The molecule has 2 aromatic heterocycles. The number of hydrogen-bond acceptors (Lipinski definition) is 8. The van der Waals surface area contributed by atoms with Crippen LogP contribution in [0.1, 0.15) is 11.1 Å². The number of nitrogens with zero attached hydrogens (tertiary/aromatic N) is 5. The van der Waals surface area contributed by atoms with E-state index in [0.29, 0.717) is 17.0 Å². The number of fused-ring (bicyclic) bond motifs is 1. The second-order valence-electron chi connectivity index (χ2n) is 9.72. The van der Waals surface area contributed by atoms with Crippen molar-refractivity contribution in [2.75, 3.05) is 51.8 Å². The molecule has 0 bridgehead atoms. The lowest BCUT2D eigenvalue weighted by Crippen LogP contribution is -2.39. The first-order valence-corrected chi connectivity index (χ1v) is 13.2. The minimum Gasteiger partial charge on any atom is -0.379 e. The zero-order valence-electron chi connectivity index (χ0n) is 22.5. The van der Waals surface area contributed by atoms with Gasteiger partial charge in [-0.15, -0.1) is 0 Å². The summed E-state index contributed by atoms with van der Waals surface area (Å²) in [6.07, 6.45) is 1.67. The molecule has 1 aliphatic heterocycles. The fraction of sp³-hybridized carbons (Fsp3) is 0.267. The first kappa shape index (κ1) is 28.2. The van der Waals surface area contributed by atoms with Crippen molar-refractivity contribution < 1.29 is 17.9 Å². The zero-order chi connectivity index (χ0) is 28.8. The van der Waals surface area contributed by atoms with Crippen LogP contribution in [0, 0.1) is 5.41 Å². The van der Waals surface area contributed by atoms with Gasteiger partial charge in [-0.05, 0) is 35.9 Å². The van der Waals surface area contributed by atoms with Crippen molar-refractivity contribution in [1.82, 2.24) is 24.8 Å². The van der Waals surface area contributed by atoms with Crippen molar-refractivity contribution in [3.05, 3.63) is 84.4 Å². The Morgan fingerprint density at radius 1 is 1.07 bits per heavy atom. The van der Waals surface area contributed by atoms with E-state index < -0.39 is 11.7 Å². The summed E-state index contributed by atoms with van der Waals surface area (Å²) >= 11 is 0. The molecule has 2 aromatic carbocycles. The topological polar surface area (TPSA) is 90.3 Å². The van der Waals surface area contributed by atoms with Crippen LogP contribution in [0.5, 0.6) is 0 Å². The minimum absolute atomic E-state index is 0.00158. The lowest BCUT2D eigenvalue weighted by Gasteiger charge is -2.28. The molecule has 0 amide bonds. The second kappa shape index (κ2) is 12.4. The summed E-state index contributed by atoms with van der Waals surface area (Å²) in [4.78, 5) is 17.4. The standard InChI is InChI=1S/C30H30F3N7O/c1-39(10-11-40-12-14-41-15-13-40)19-22(18-34)21-6-7-25-27(16-21)36-20-37-29(25)38-23-8-9-35-28(17-23)24-4-2-3-5-26(24)30(31,32)33/h2-9,16-20,34H,10-15H2,1H3,(H,35,36,37,38)/b22-19+,34-18?. The predicted octanol–water partition coefficient (Wildman–Crippen LogP) is 5.71. The van der Waals surface area contributed by atoms with Crippen LogP contribution >= 0.6 is 0 Å². The summed E-state index contributed by atoms with van der Waals surface area (Å²) in [6, 6.07) is 14.3. The average Bonchev–Trinajstić information content (AvgIpc) is 2.99. The monoisotopic (exact) mass is 561 g/mol. The molecular formula is C30H30F3N7O. The Morgan fingerprint density at radius 2 is 1.88 bits per heavy atom. The number of rotatable bonds is 9. The second-order valence-corrected chi connectivity index (χ2v) is 9.72. The van der Waals surface area contributed by atoms with E-state index in [-0.39, 0.29) is 11.3 Å². The Labute approximate surface area is 236 Å². The summed E-state index contributed by atoms with van der Waals surface area (Å²) in [7, 11) is 1.99. The molecule has 2 N–H and O–H groups in total. The number of likely N-dealkylation sites (N-methyl/N-ethyl adjacent to an activating group) is 1. The first-order chi connectivity index (χ1) is 19.8. The molecule has 0 atom stereocenters. The van der Waals surface area contributed by atoms with Gasteiger partial charge in [0.15, 0.2) is 0 Å². The van der Waals surface area contributed by atoms with Crippen molar-refractivity contribution in [3.63, 3.8) is 0 Å². The van der Waals surface area contributed by atoms with E-state index in [4.69, 9.17) is 10.1 Å². The lowest BCUT2D eigenvalue weighted by molar-refractivity contribution is -0.137. The van der Waals surface area contributed by atoms with Gasteiger partial charge in [0.1, 0.15) is 12.1 Å². The van der Waals surface area contributed by atoms with Gasteiger partial charge in [0.25, 0.3) is 0 Å². The molecular weight excluding hydrogens is 531 g/mol. The number of alkyl halides is 3. The smallest absolute Gasteiger partial charge is 0.379 e. The van der Waals surface area contributed by atoms with Crippen LogP contribution in [0.2, 0.25) is 0 Å². The van der Waals surface area contributed by atoms with Gasteiger partial charge in [-0.1, -0.05) is 24.3 Å². The highest BCUT2D eigenvalue weighted by Crippen LogP contribution is 2.37. The summed E-state index contributed by atoms with van der Waals surface area (Å²) in [5.74, 6) is 0.505. The minimum atomic E-state index is -4.50. The molecule has 4 aromatic rings. The van der Waals surface area contributed by atoms with Crippen molar-refractivity contribution in [3.8, 4) is 11.3 Å². The predicted molar refractivity (Wildman–Crippen MR) is 154 cm³/mol. The van der Waals surface area contributed by atoms with Gasteiger partial charge < -0.3 is 20.4 Å². The van der Waals surface area contributed by atoms with E-state index >= 15 is 0 Å². The highest BCUT2D eigenvalue weighted by molar-refractivity contribution is 6.09. The van der Waals surface area contributed by atoms with Crippen molar-refractivity contribution >= 4 is 34.2 Å². The summed E-state index contributed by atoms with van der Waals surface area (Å²) < 4.78 is 46.1. The molecule has 5 rings (SSSR count). The van der Waals surface area contributed by atoms with E-state index in [1.807, 2.05) is 31.4 Å². The number of morpholine rings is 1. The van der Waals surface area contributed by atoms with Crippen LogP contribution in [0.3, 0.4) is 0 Å². The summed E-state index contributed by atoms with van der Waals surface area (Å²) in [5, 5.41) is 11.9. The third kappa shape index (κ3) is 6.87. The molecule has 0 radical (unpaired) electrons. The molecule has 11 heteroatoms. The number of nitrogens with one attached hydrogen (secondary N) is 2. The molecule has 0 spiro atoms. The Kier molecular flexibility index (Phi) is 8.55. The maximum atomic E-state index is 13.6. The fourth-order valence-electron chi connectivity index (χ4n) is 4.70. The van der Waals surface area contributed by atoms with Crippen LogP contribution < -0.4 is 5.32 Å². The molecule has 0 aliphatic carbocycles. The number of ether oxygens (including phenoxy) is 1. The van der Waals surface area contributed by atoms with Gasteiger partial charge in [0.05, 0.1) is 30.0 Å². The maximum Gasteiger partial charge on any atom is 0.417 e. The average molecular weight is 562 g/mol. The van der Waals surface area contributed by atoms with E-state index in [1.54, 1.807) is 18.2 Å². The van der Waals surface area contributed by atoms with Crippen LogP contribution in [0.15, 0.2) is 73.3 Å². The van der Waals surface area contributed by atoms with Crippen LogP contribution in [0.25, 0.3) is 27.7 Å². The Morgan fingerprint density at radius 3 is 2.66 bits per heavy atom. The normalized spacial score (nSPS) is 14.7. The number of hydrogen-bond donors (Lipinski definition) is 2. The highest BCUT2D eigenvalue weighted by Gasteiger charge is 2.33. The number of pyridine rings is 1. The fourth-order valence-corrected chi connectivity index (χ4v) is 4.70. The SMILES string of the molecule is CN(/C=C(\C=N)c1ccc2c(Nc3ccnc(-c4ccccc4C(F)(F)F)c3)ncnc2c1)CCN1CCOCC1. The highest BCUT2D eigenvalue weighted by atomic mass is 19.4. The molecule has 1 fully saturated rings. The van der Waals surface area contributed by atoms with Crippen LogP contribution in [-0.2, 0) is 10.9 Å². The molecule has 212 valence electrons. The summed E-state index contributed by atoms with van der Waals surface area (Å²) in [6.45, 7) is 5.11. The number of benzene rings is 2. The van der Waals surface area contributed by atoms with Gasteiger partial charge >= 0.3 is 6.18 Å². The van der Waals surface area contributed by atoms with Gasteiger partial charge in [0.2, 0.25) is 0 Å². The largest absolute Gasteiger partial charge is 0.417 e. The molecule has 1 aliphatic rings. The molecule has 0 unspecified atom stereocenters. The molecule has 3 heterocycles. The van der Waals surface area contributed by atoms with E-state index in [1.165, 1.54) is 30.9 Å². The number of halogens is 3. The Hall–Kier alpha value is -4.35. The van der Waals surface area contributed by atoms with Gasteiger partial charge in [0, 0.05) is 74.0 Å². The van der Waals surface area contributed by atoms with E-state index in [2.05, 4.69) is 30.1 Å². The maximum absolute atomic E-state index is 13.6. The third-order valence-electron chi connectivity index (χ3n) is 6.89. The molecule has 41 heavy (non-hydrogen) atoms. The van der Waals surface area contributed by atoms with Gasteiger partial charge in [-0.25, -0.2) is 9.97 Å². The van der Waals surface area contributed by atoms with Crippen molar-refractivity contribution in [2.24, 2.45) is 0 Å². The molecule has 8 nitrogen and oxygen atoms in total. The van der Waals surface area contributed by atoms with E-state index in [9.17, 15) is 13.2 Å². The van der Waals surface area contributed by atoms with Crippen LogP contribution in [0.4, 0.5) is 24.7 Å². The van der Waals surface area contributed by atoms with E-state index in [0.717, 1.165) is 62.0 Å². The summed E-state index contributed by atoms with van der Waals surface area (Å²) in [5.41, 5.74) is 2.24. The number of allylic oxidation sites excluding steroid dienone is 1. The van der Waals surface area contributed by atoms with Crippen molar-refractivity contribution in [1.29, 1.82) is 5.41 Å². The molecule has 1 saturated heterocycles. The van der Waals surface area contributed by atoms with Crippen molar-refractivity contribution in [2.45, 2.75) is 6.18 Å². The Bertz CT molecular complexity index is 1550. The molecule has 0 saturated carbocycles. The third-order valence-corrected chi connectivity index (χ3v) is 6.89. The number of aromatic nitrogens is 3. The van der Waals surface area contributed by atoms with Gasteiger partial charge in [-0.2, -0.15) is 13.2 Å². The van der Waals surface area contributed by atoms with Crippen LogP contribution in [-0.4, -0.2) is 77.4 Å². The quantitative estimate of drug-likeness (QED) is 0.253. The first-order valence-electron chi connectivity index (χ1n) is 13.2. The lowest BCUT2D eigenvalue weighted by atomic mass is 10.0. The number of anilines is 2. The Balaban J connectivity index is 1.36. The van der Waals surface area contributed by atoms with Gasteiger partial charge in [-0.3, -0.25) is 9.88 Å².